The molecule has 1 aliphatic rings. The van der Waals surface area contributed by atoms with Crippen molar-refractivity contribution in [3.8, 4) is 0 Å². The summed E-state index contributed by atoms with van der Waals surface area (Å²) in [7, 11) is -0.0984. The van der Waals surface area contributed by atoms with E-state index in [1.807, 2.05) is 27.1 Å². The van der Waals surface area contributed by atoms with Crippen molar-refractivity contribution in [1.29, 1.82) is 0 Å². The number of hydrogen-bond acceptors (Lipinski definition) is 6. The lowest BCUT2D eigenvalue weighted by atomic mass is 9.92. The third kappa shape index (κ3) is 5.72. The van der Waals surface area contributed by atoms with E-state index < -0.39 is 22.1 Å². The van der Waals surface area contributed by atoms with E-state index in [4.69, 9.17) is 9.92 Å². The minimum Gasteiger partial charge on any atom is -0.366 e. The van der Waals surface area contributed by atoms with E-state index in [0.29, 0.717) is 30.0 Å². The van der Waals surface area contributed by atoms with Crippen molar-refractivity contribution in [2.75, 3.05) is 14.1 Å². The highest BCUT2D eigenvalue weighted by molar-refractivity contribution is 7.86. The van der Waals surface area contributed by atoms with Crippen molar-refractivity contribution in [2.45, 2.75) is 69.9 Å². The van der Waals surface area contributed by atoms with Crippen molar-refractivity contribution in [1.82, 2.24) is 9.88 Å². The Hall–Kier alpha value is -2.49. The molecule has 2 aromatic rings. The van der Waals surface area contributed by atoms with Crippen molar-refractivity contribution < 1.29 is 17.4 Å². The molecular formula is C24H33N3O5S. The van der Waals surface area contributed by atoms with E-state index >= 15 is 0 Å². The summed E-state index contributed by atoms with van der Waals surface area (Å²) in [5.74, 6) is -0.730. The fraction of sp³-hybridized carbons (Fsp3) is 0.500. The summed E-state index contributed by atoms with van der Waals surface area (Å²) in [6, 6.07) is 5.30. The second-order valence-corrected chi connectivity index (χ2v) is 10.7. The van der Waals surface area contributed by atoms with Crippen LogP contribution in [0.2, 0.25) is 0 Å². The van der Waals surface area contributed by atoms with Gasteiger partial charge in [-0.1, -0.05) is 0 Å². The van der Waals surface area contributed by atoms with E-state index in [9.17, 15) is 18.0 Å². The molecule has 1 aliphatic carbocycles. The highest BCUT2D eigenvalue weighted by atomic mass is 32.2. The molecule has 180 valence electrons. The van der Waals surface area contributed by atoms with Gasteiger partial charge >= 0.3 is 0 Å². The number of hydrogen-bond donors (Lipinski definition) is 2. The molecule has 0 bridgehead atoms. The Kier molecular flexibility index (Phi) is 7.45. The van der Waals surface area contributed by atoms with Gasteiger partial charge in [0.05, 0.1) is 11.0 Å². The number of nitrogens with two attached hydrogens (primary N) is 1. The number of aromatic nitrogens is 1. The molecule has 1 fully saturated rings. The van der Waals surface area contributed by atoms with Gasteiger partial charge in [-0.3, -0.25) is 13.8 Å². The SMILES string of the molecule is Cc1cc(C)c(Cc2cc(C(N)=O)c(C)c(S(=O)(=O)OC3CCC(N(C)C)CC3)c2)c(=O)[nH]1. The van der Waals surface area contributed by atoms with Gasteiger partial charge in [0.1, 0.15) is 0 Å². The second-order valence-electron chi connectivity index (χ2n) is 9.20. The number of benzene rings is 1. The number of amides is 1. The molecule has 0 unspecified atom stereocenters. The molecule has 1 saturated carbocycles. The van der Waals surface area contributed by atoms with E-state index in [1.54, 1.807) is 19.9 Å². The van der Waals surface area contributed by atoms with Crippen LogP contribution in [0.1, 0.15) is 64.0 Å². The number of nitrogens with one attached hydrogen (secondary N) is 1. The van der Waals surface area contributed by atoms with Crippen LogP contribution in [0.25, 0.3) is 0 Å². The van der Waals surface area contributed by atoms with Crippen molar-refractivity contribution in [2.24, 2.45) is 5.73 Å². The fourth-order valence-electron chi connectivity index (χ4n) is 4.56. The molecular weight excluding hydrogens is 442 g/mol. The minimum absolute atomic E-state index is 0.0790. The van der Waals surface area contributed by atoms with Gasteiger partial charge < -0.3 is 15.6 Å². The Morgan fingerprint density at radius 2 is 1.76 bits per heavy atom. The zero-order chi connectivity index (χ0) is 24.5. The highest BCUT2D eigenvalue weighted by Gasteiger charge is 2.30. The van der Waals surface area contributed by atoms with Crippen molar-refractivity contribution in [3.63, 3.8) is 0 Å². The van der Waals surface area contributed by atoms with Crippen LogP contribution in [-0.2, 0) is 20.7 Å². The van der Waals surface area contributed by atoms with Crippen LogP contribution in [0.15, 0.2) is 27.9 Å². The zero-order valence-corrected chi connectivity index (χ0v) is 20.7. The number of carbonyl (C=O) groups excluding carboxylic acids is 1. The lowest BCUT2D eigenvalue weighted by molar-refractivity contribution is 0.0999. The van der Waals surface area contributed by atoms with Gasteiger partial charge in [-0.2, -0.15) is 8.42 Å². The van der Waals surface area contributed by atoms with Gasteiger partial charge in [0.2, 0.25) is 5.91 Å². The van der Waals surface area contributed by atoms with Crippen LogP contribution in [0, 0.1) is 20.8 Å². The number of aromatic amines is 1. The van der Waals surface area contributed by atoms with Crippen LogP contribution < -0.4 is 11.3 Å². The molecule has 1 aromatic carbocycles. The van der Waals surface area contributed by atoms with Crippen LogP contribution in [0.3, 0.4) is 0 Å². The Morgan fingerprint density at radius 1 is 1.12 bits per heavy atom. The molecule has 0 aliphatic heterocycles. The lowest BCUT2D eigenvalue weighted by Gasteiger charge is -2.32. The average molecular weight is 476 g/mol. The summed E-state index contributed by atoms with van der Waals surface area (Å²) in [5, 5.41) is 0. The lowest BCUT2D eigenvalue weighted by Crippen LogP contribution is -2.35. The topological polar surface area (TPSA) is 123 Å². The third-order valence-electron chi connectivity index (χ3n) is 6.47. The molecule has 1 amide bonds. The monoisotopic (exact) mass is 475 g/mol. The van der Waals surface area contributed by atoms with Gasteiger partial charge in [-0.25, -0.2) is 0 Å². The normalized spacial score (nSPS) is 19.1. The number of pyridine rings is 1. The molecule has 0 radical (unpaired) electrons. The maximum Gasteiger partial charge on any atom is 0.297 e. The number of H-pyrrole nitrogens is 1. The van der Waals surface area contributed by atoms with Gasteiger partial charge in [-0.05, 0) is 95.4 Å². The quantitative estimate of drug-likeness (QED) is 0.594. The number of rotatable bonds is 7. The molecule has 0 atom stereocenters. The van der Waals surface area contributed by atoms with Gasteiger partial charge in [0, 0.05) is 29.3 Å². The fourth-order valence-corrected chi connectivity index (χ4v) is 5.99. The summed E-state index contributed by atoms with van der Waals surface area (Å²) in [4.78, 5) is 29.4. The van der Waals surface area contributed by atoms with E-state index in [2.05, 4.69) is 9.88 Å². The van der Waals surface area contributed by atoms with E-state index in [0.717, 1.165) is 24.1 Å². The van der Waals surface area contributed by atoms with Gasteiger partial charge in [0.25, 0.3) is 15.7 Å². The smallest absolute Gasteiger partial charge is 0.297 e. The number of carbonyl (C=O) groups is 1. The third-order valence-corrected chi connectivity index (χ3v) is 7.95. The molecule has 0 spiro atoms. The average Bonchev–Trinajstić information content (AvgIpc) is 2.71. The van der Waals surface area contributed by atoms with Crippen molar-refractivity contribution >= 4 is 16.0 Å². The standard InChI is InChI=1S/C24H33N3O5S/c1-14-10-15(2)26-24(29)20(14)11-17-12-21(23(25)28)16(3)22(13-17)33(30,31)32-19-8-6-18(7-9-19)27(4)5/h10,12-13,18-19H,6-9,11H2,1-5H3,(H2,25,28)(H,26,29). The predicted octanol–water partition coefficient (Wildman–Crippen LogP) is 2.57. The summed E-state index contributed by atoms with van der Waals surface area (Å²) < 4.78 is 32.1. The molecule has 1 aromatic heterocycles. The maximum absolute atomic E-state index is 13.2. The zero-order valence-electron chi connectivity index (χ0n) is 19.9. The number of primary amides is 1. The molecule has 9 heteroatoms. The van der Waals surface area contributed by atoms with Crippen LogP contribution in [0.5, 0.6) is 0 Å². The first kappa shape index (κ1) is 25.1. The minimum atomic E-state index is -4.13. The van der Waals surface area contributed by atoms with Crippen molar-refractivity contribution in [3.05, 3.63) is 62.1 Å². The first-order valence-corrected chi connectivity index (χ1v) is 12.5. The Morgan fingerprint density at radius 3 is 2.30 bits per heavy atom. The van der Waals surface area contributed by atoms with Crippen LogP contribution in [-0.4, -0.2) is 50.5 Å². The van der Waals surface area contributed by atoms with Gasteiger partial charge in [0.15, 0.2) is 0 Å². The first-order valence-electron chi connectivity index (χ1n) is 11.1. The number of aryl methyl sites for hydroxylation is 2. The summed E-state index contributed by atoms with van der Waals surface area (Å²) in [6.07, 6.45) is 2.75. The molecule has 8 nitrogen and oxygen atoms in total. The molecule has 33 heavy (non-hydrogen) atoms. The first-order chi connectivity index (χ1) is 15.4. The summed E-state index contributed by atoms with van der Waals surface area (Å²) >= 11 is 0. The number of nitrogens with zero attached hydrogens (tertiary/aromatic N) is 1. The molecule has 0 saturated heterocycles. The highest BCUT2D eigenvalue weighted by Crippen LogP contribution is 2.30. The van der Waals surface area contributed by atoms with Crippen LogP contribution >= 0.6 is 0 Å². The Bertz CT molecular complexity index is 1210. The predicted molar refractivity (Wildman–Crippen MR) is 127 cm³/mol. The van der Waals surface area contributed by atoms with Gasteiger partial charge in [-0.15, -0.1) is 0 Å². The second kappa shape index (κ2) is 9.79. The van der Waals surface area contributed by atoms with E-state index in [-0.39, 0.29) is 28.0 Å². The summed E-state index contributed by atoms with van der Waals surface area (Å²) in [5.41, 5.74) is 8.20. The summed E-state index contributed by atoms with van der Waals surface area (Å²) in [6.45, 7) is 5.17. The van der Waals surface area contributed by atoms with E-state index in [1.165, 1.54) is 6.07 Å². The largest absolute Gasteiger partial charge is 0.366 e. The van der Waals surface area contributed by atoms with Crippen LogP contribution in [0.4, 0.5) is 0 Å². The molecule has 3 N–H and O–H groups in total. The maximum atomic E-state index is 13.2. The Labute approximate surface area is 195 Å². The Balaban J connectivity index is 1.95. The molecule has 1 heterocycles. The molecule has 3 rings (SSSR count).